The van der Waals surface area contributed by atoms with Crippen molar-refractivity contribution in [3.63, 3.8) is 0 Å². The lowest BCUT2D eigenvalue weighted by molar-refractivity contribution is 0.329. The smallest absolute Gasteiger partial charge is 0.162 e. The highest BCUT2D eigenvalue weighted by Gasteiger charge is 2.03. The second kappa shape index (κ2) is 6.13. The Labute approximate surface area is 108 Å². The number of hydrogen-bond donors (Lipinski definition) is 1. The molecule has 2 aromatic carbocycles. The fourth-order valence-electron chi connectivity index (χ4n) is 1.53. The van der Waals surface area contributed by atoms with Crippen LogP contribution in [-0.2, 0) is 0 Å². The molecular formula is C14H12F3NO. The van der Waals surface area contributed by atoms with Crippen LogP contribution in [0.15, 0.2) is 42.5 Å². The van der Waals surface area contributed by atoms with E-state index in [2.05, 4.69) is 5.32 Å². The summed E-state index contributed by atoms with van der Waals surface area (Å²) in [5.41, 5.74) is 0.372. The zero-order valence-electron chi connectivity index (χ0n) is 10.00. The third-order valence-corrected chi connectivity index (χ3v) is 2.45. The van der Waals surface area contributed by atoms with Crippen molar-refractivity contribution in [1.82, 2.24) is 0 Å². The van der Waals surface area contributed by atoms with E-state index in [1.807, 2.05) is 0 Å². The molecule has 0 aliphatic carbocycles. The number of rotatable bonds is 5. The predicted molar refractivity (Wildman–Crippen MR) is 66.7 cm³/mol. The summed E-state index contributed by atoms with van der Waals surface area (Å²) >= 11 is 0. The van der Waals surface area contributed by atoms with Crippen LogP contribution >= 0.6 is 0 Å². The molecule has 0 bridgehead atoms. The van der Waals surface area contributed by atoms with Crippen LogP contribution in [-0.4, -0.2) is 13.2 Å². The molecule has 0 unspecified atom stereocenters. The summed E-state index contributed by atoms with van der Waals surface area (Å²) in [4.78, 5) is 0. The highest BCUT2D eigenvalue weighted by molar-refractivity contribution is 5.44. The summed E-state index contributed by atoms with van der Waals surface area (Å²) < 4.78 is 44.0. The van der Waals surface area contributed by atoms with Crippen molar-refractivity contribution in [2.24, 2.45) is 0 Å². The SMILES string of the molecule is Fc1ccc(OCCNc2ccccc2F)cc1F. The highest BCUT2D eigenvalue weighted by Crippen LogP contribution is 2.15. The molecule has 0 radical (unpaired) electrons. The number of nitrogens with one attached hydrogen (secondary N) is 1. The Balaban J connectivity index is 1.81. The fraction of sp³-hybridized carbons (Fsp3) is 0.143. The van der Waals surface area contributed by atoms with E-state index >= 15 is 0 Å². The van der Waals surface area contributed by atoms with Gasteiger partial charge in [-0.3, -0.25) is 0 Å². The predicted octanol–water partition coefficient (Wildman–Crippen LogP) is 3.59. The Morgan fingerprint density at radius 2 is 1.68 bits per heavy atom. The molecule has 0 aliphatic rings. The molecular weight excluding hydrogens is 255 g/mol. The maximum atomic E-state index is 13.2. The molecule has 2 rings (SSSR count). The number of hydrogen-bond acceptors (Lipinski definition) is 2. The molecule has 5 heteroatoms. The molecule has 0 aromatic heterocycles. The first-order valence-electron chi connectivity index (χ1n) is 5.73. The minimum atomic E-state index is -0.959. The van der Waals surface area contributed by atoms with Gasteiger partial charge in [-0.15, -0.1) is 0 Å². The number of ether oxygens (including phenoxy) is 1. The van der Waals surface area contributed by atoms with Crippen LogP contribution in [0.2, 0.25) is 0 Å². The number of para-hydroxylation sites is 1. The Kier molecular flexibility index (Phi) is 4.28. The summed E-state index contributed by atoms with van der Waals surface area (Å²) in [6, 6.07) is 9.56. The molecule has 1 N–H and O–H groups in total. The highest BCUT2D eigenvalue weighted by atomic mass is 19.2. The van der Waals surface area contributed by atoms with Crippen LogP contribution < -0.4 is 10.1 Å². The van der Waals surface area contributed by atoms with Gasteiger partial charge in [0.05, 0.1) is 5.69 Å². The Morgan fingerprint density at radius 3 is 2.42 bits per heavy atom. The van der Waals surface area contributed by atoms with Gasteiger partial charge in [-0.25, -0.2) is 13.2 Å². The third-order valence-electron chi connectivity index (χ3n) is 2.45. The first kappa shape index (κ1) is 13.3. The number of anilines is 1. The average Bonchev–Trinajstić information content (AvgIpc) is 2.40. The van der Waals surface area contributed by atoms with E-state index in [1.54, 1.807) is 18.2 Å². The lowest BCUT2D eigenvalue weighted by Crippen LogP contribution is -2.12. The van der Waals surface area contributed by atoms with E-state index in [0.29, 0.717) is 12.2 Å². The minimum Gasteiger partial charge on any atom is -0.492 e. The molecule has 0 saturated carbocycles. The van der Waals surface area contributed by atoms with Crippen molar-refractivity contribution in [2.45, 2.75) is 0 Å². The van der Waals surface area contributed by atoms with Crippen molar-refractivity contribution in [3.8, 4) is 5.75 Å². The van der Waals surface area contributed by atoms with Gasteiger partial charge in [0.15, 0.2) is 11.6 Å². The normalized spacial score (nSPS) is 10.3. The maximum Gasteiger partial charge on any atom is 0.162 e. The summed E-state index contributed by atoms with van der Waals surface area (Å²) in [5.74, 6) is -2.00. The van der Waals surface area contributed by atoms with Crippen LogP contribution in [0, 0.1) is 17.5 Å². The fourth-order valence-corrected chi connectivity index (χ4v) is 1.53. The average molecular weight is 267 g/mol. The third kappa shape index (κ3) is 3.64. The summed E-state index contributed by atoms with van der Waals surface area (Å²) in [6.45, 7) is 0.555. The molecule has 0 amide bonds. The zero-order chi connectivity index (χ0) is 13.7. The first-order valence-corrected chi connectivity index (χ1v) is 5.73. The second-order valence-corrected chi connectivity index (χ2v) is 3.83. The van der Waals surface area contributed by atoms with Gasteiger partial charge in [-0.05, 0) is 24.3 Å². The molecule has 100 valence electrons. The van der Waals surface area contributed by atoms with Gasteiger partial charge in [0, 0.05) is 12.6 Å². The Hall–Kier alpha value is -2.17. The van der Waals surface area contributed by atoms with Crippen molar-refractivity contribution >= 4 is 5.69 Å². The largest absolute Gasteiger partial charge is 0.492 e. The van der Waals surface area contributed by atoms with E-state index < -0.39 is 11.6 Å². The van der Waals surface area contributed by atoms with Crippen LogP contribution in [0.4, 0.5) is 18.9 Å². The van der Waals surface area contributed by atoms with Gasteiger partial charge < -0.3 is 10.1 Å². The number of halogens is 3. The molecule has 19 heavy (non-hydrogen) atoms. The van der Waals surface area contributed by atoms with Gasteiger partial charge >= 0.3 is 0 Å². The molecule has 0 heterocycles. The molecule has 0 fully saturated rings. The lowest BCUT2D eigenvalue weighted by Gasteiger charge is -2.09. The summed E-state index contributed by atoms with van der Waals surface area (Å²) in [5, 5.41) is 2.84. The van der Waals surface area contributed by atoms with Crippen molar-refractivity contribution in [1.29, 1.82) is 0 Å². The van der Waals surface area contributed by atoms with Crippen molar-refractivity contribution in [2.75, 3.05) is 18.5 Å². The van der Waals surface area contributed by atoms with E-state index in [4.69, 9.17) is 4.74 Å². The van der Waals surface area contributed by atoms with E-state index in [1.165, 1.54) is 12.1 Å². The Morgan fingerprint density at radius 1 is 0.895 bits per heavy atom. The van der Waals surface area contributed by atoms with Gasteiger partial charge in [-0.2, -0.15) is 0 Å². The molecule has 0 aliphatic heterocycles. The quantitative estimate of drug-likeness (QED) is 0.836. The van der Waals surface area contributed by atoms with Crippen LogP contribution in [0.5, 0.6) is 5.75 Å². The van der Waals surface area contributed by atoms with Crippen LogP contribution in [0.3, 0.4) is 0 Å². The van der Waals surface area contributed by atoms with E-state index in [0.717, 1.165) is 12.1 Å². The summed E-state index contributed by atoms with van der Waals surface area (Å²) in [6.07, 6.45) is 0. The topological polar surface area (TPSA) is 21.3 Å². The van der Waals surface area contributed by atoms with Crippen LogP contribution in [0.1, 0.15) is 0 Å². The monoisotopic (exact) mass is 267 g/mol. The van der Waals surface area contributed by atoms with Gasteiger partial charge in [0.1, 0.15) is 18.2 Å². The van der Waals surface area contributed by atoms with E-state index in [-0.39, 0.29) is 18.2 Å². The molecule has 2 aromatic rings. The van der Waals surface area contributed by atoms with Gasteiger partial charge in [-0.1, -0.05) is 12.1 Å². The maximum absolute atomic E-state index is 13.2. The van der Waals surface area contributed by atoms with Crippen molar-refractivity contribution < 1.29 is 17.9 Å². The lowest BCUT2D eigenvalue weighted by atomic mass is 10.3. The number of benzene rings is 2. The van der Waals surface area contributed by atoms with E-state index in [9.17, 15) is 13.2 Å². The molecule has 0 atom stereocenters. The Bertz CT molecular complexity index is 560. The second-order valence-electron chi connectivity index (χ2n) is 3.83. The standard InChI is InChI=1S/C14H12F3NO/c15-11-6-5-10(9-13(11)17)19-8-7-18-14-4-2-1-3-12(14)16/h1-6,9,18H,7-8H2. The molecule has 0 saturated heterocycles. The summed E-state index contributed by atoms with van der Waals surface area (Å²) in [7, 11) is 0. The van der Waals surface area contributed by atoms with Gasteiger partial charge in [0.2, 0.25) is 0 Å². The minimum absolute atomic E-state index is 0.208. The first-order chi connectivity index (χ1) is 9.16. The molecule has 2 nitrogen and oxygen atoms in total. The zero-order valence-corrected chi connectivity index (χ0v) is 10.00. The van der Waals surface area contributed by atoms with Gasteiger partial charge in [0.25, 0.3) is 0 Å². The molecule has 0 spiro atoms. The van der Waals surface area contributed by atoms with Crippen molar-refractivity contribution in [3.05, 3.63) is 59.9 Å². The van der Waals surface area contributed by atoms with Crippen LogP contribution in [0.25, 0.3) is 0 Å².